The molecule has 0 spiro atoms. The smallest absolute Gasteiger partial charge is 0.354 e. The Kier molecular flexibility index (Phi) is 7.68. The molecule has 0 atom stereocenters. The fraction of sp³-hybridized carbons (Fsp3) is 0.333. The maximum absolute atomic E-state index is 13.4. The fourth-order valence-corrected chi connectivity index (χ4v) is 4.93. The molecule has 0 saturated carbocycles. The molecule has 39 heavy (non-hydrogen) atoms. The van der Waals surface area contributed by atoms with Gasteiger partial charge in [-0.25, -0.2) is 4.98 Å². The van der Waals surface area contributed by atoms with E-state index in [2.05, 4.69) is 10.1 Å². The van der Waals surface area contributed by atoms with Gasteiger partial charge in [-0.3, -0.25) is 4.79 Å². The topological polar surface area (TPSA) is 75.4 Å². The first-order valence-corrected chi connectivity index (χ1v) is 13.2. The molecule has 1 amide bonds. The fourth-order valence-electron chi connectivity index (χ4n) is 4.63. The van der Waals surface area contributed by atoms with Gasteiger partial charge in [0.15, 0.2) is 0 Å². The Bertz CT molecular complexity index is 1530. The van der Waals surface area contributed by atoms with Gasteiger partial charge in [-0.15, -0.1) is 0 Å². The summed E-state index contributed by atoms with van der Waals surface area (Å²) < 4.78 is 45.8. The summed E-state index contributed by atoms with van der Waals surface area (Å²) >= 11 is 12.1. The zero-order valence-electron chi connectivity index (χ0n) is 20.9. The first kappa shape index (κ1) is 27.2. The number of alkyl halides is 3. The van der Waals surface area contributed by atoms with Crippen molar-refractivity contribution in [3.05, 3.63) is 69.5 Å². The largest absolute Gasteiger partial charge is 0.416 e. The molecule has 0 unspecified atom stereocenters. The number of hydrogen-bond donors (Lipinski definition) is 0. The van der Waals surface area contributed by atoms with E-state index in [1.807, 2.05) is 11.8 Å². The van der Waals surface area contributed by atoms with E-state index in [1.54, 1.807) is 29.2 Å². The number of benzene rings is 2. The number of nitrogens with zero attached hydrogens (tertiary/aromatic N) is 5. The Balaban J connectivity index is 1.50. The second-order valence-electron chi connectivity index (χ2n) is 9.27. The van der Waals surface area contributed by atoms with Crippen LogP contribution in [0.25, 0.3) is 22.4 Å². The van der Waals surface area contributed by atoms with Crippen molar-refractivity contribution in [2.24, 2.45) is 0 Å². The lowest BCUT2D eigenvalue weighted by molar-refractivity contribution is -0.137. The Hall–Kier alpha value is -3.37. The quantitative estimate of drug-likeness (QED) is 0.256. The van der Waals surface area contributed by atoms with Gasteiger partial charge in [0.2, 0.25) is 0 Å². The maximum atomic E-state index is 13.4. The van der Waals surface area contributed by atoms with Crippen molar-refractivity contribution in [3.8, 4) is 11.3 Å². The molecular formula is C27H24Cl2F3N5O2. The van der Waals surface area contributed by atoms with E-state index < -0.39 is 11.7 Å². The van der Waals surface area contributed by atoms with Crippen molar-refractivity contribution < 1.29 is 22.5 Å². The maximum Gasteiger partial charge on any atom is 0.416 e. The zero-order valence-corrected chi connectivity index (χ0v) is 22.4. The number of fused-ring (bicyclic) bond motifs is 1. The molecule has 0 N–H and O–H groups in total. The first-order chi connectivity index (χ1) is 18.7. The lowest BCUT2D eigenvalue weighted by Gasteiger charge is -2.24. The van der Waals surface area contributed by atoms with Gasteiger partial charge >= 0.3 is 6.18 Å². The Morgan fingerprint density at radius 1 is 1.03 bits per heavy atom. The summed E-state index contributed by atoms with van der Waals surface area (Å²) in [6.07, 6.45) is -2.46. The lowest BCUT2D eigenvalue weighted by atomic mass is 10.1. The number of anilines is 1. The van der Waals surface area contributed by atoms with Gasteiger partial charge < -0.3 is 14.3 Å². The normalized spacial score (nSPS) is 14.6. The minimum absolute atomic E-state index is 0.162. The highest BCUT2D eigenvalue weighted by atomic mass is 35.5. The van der Waals surface area contributed by atoms with Crippen molar-refractivity contribution in [3.63, 3.8) is 0 Å². The van der Waals surface area contributed by atoms with Gasteiger partial charge in [-0.05, 0) is 43.2 Å². The molecule has 1 fully saturated rings. The van der Waals surface area contributed by atoms with Crippen LogP contribution in [0.2, 0.25) is 10.0 Å². The predicted molar refractivity (Wildman–Crippen MR) is 143 cm³/mol. The van der Waals surface area contributed by atoms with Gasteiger partial charge in [0.1, 0.15) is 22.7 Å². The van der Waals surface area contributed by atoms with Crippen LogP contribution in [0, 0.1) is 0 Å². The van der Waals surface area contributed by atoms with E-state index in [9.17, 15) is 18.0 Å². The second-order valence-corrected chi connectivity index (χ2v) is 10.1. The average Bonchev–Trinajstić information content (AvgIpc) is 3.18. The molecule has 0 radical (unpaired) electrons. The SMILES string of the molecule is CCCc1nc(N2CCCN(C(=O)c3ccc(Cl)c(Cl)c3)CC2)c2c(-c3cccc(C(F)(F)F)c3)noc2n1. The number of rotatable bonds is 5. The van der Waals surface area contributed by atoms with Gasteiger partial charge in [-0.1, -0.05) is 47.4 Å². The van der Waals surface area contributed by atoms with Gasteiger partial charge in [-0.2, -0.15) is 18.2 Å². The van der Waals surface area contributed by atoms with Crippen molar-refractivity contribution >= 4 is 46.0 Å². The molecule has 204 valence electrons. The van der Waals surface area contributed by atoms with Gasteiger partial charge in [0.05, 0.1) is 15.6 Å². The molecule has 1 saturated heterocycles. The minimum Gasteiger partial charge on any atom is -0.354 e. The summed E-state index contributed by atoms with van der Waals surface area (Å²) in [7, 11) is 0. The third-order valence-electron chi connectivity index (χ3n) is 6.55. The van der Waals surface area contributed by atoms with E-state index in [0.717, 1.165) is 18.6 Å². The molecule has 12 heteroatoms. The molecule has 5 rings (SSSR count). The summed E-state index contributed by atoms with van der Waals surface area (Å²) in [4.78, 5) is 26.2. The summed E-state index contributed by atoms with van der Waals surface area (Å²) in [5.41, 5.74) is 0.361. The van der Waals surface area contributed by atoms with Crippen molar-refractivity contribution in [1.29, 1.82) is 0 Å². The molecule has 1 aliphatic heterocycles. The third kappa shape index (κ3) is 5.67. The Morgan fingerprint density at radius 3 is 2.59 bits per heavy atom. The van der Waals surface area contributed by atoms with E-state index in [1.165, 1.54) is 6.07 Å². The highest BCUT2D eigenvalue weighted by molar-refractivity contribution is 6.42. The van der Waals surface area contributed by atoms with Crippen molar-refractivity contribution in [2.75, 3.05) is 31.1 Å². The summed E-state index contributed by atoms with van der Waals surface area (Å²) in [5.74, 6) is 0.922. The molecule has 3 heterocycles. The van der Waals surface area contributed by atoms with Gasteiger partial charge in [0.25, 0.3) is 11.6 Å². The molecular weight excluding hydrogens is 554 g/mol. The summed E-state index contributed by atoms with van der Waals surface area (Å²) in [6, 6.07) is 9.73. The van der Waals surface area contributed by atoms with Crippen molar-refractivity contribution in [1.82, 2.24) is 20.0 Å². The number of amides is 1. The molecule has 0 bridgehead atoms. The molecule has 4 aromatic rings. The van der Waals surface area contributed by atoms with Crippen LogP contribution in [0.4, 0.5) is 19.0 Å². The third-order valence-corrected chi connectivity index (χ3v) is 7.29. The number of carbonyl (C=O) groups is 1. The predicted octanol–water partition coefficient (Wildman–Crippen LogP) is 6.92. The lowest BCUT2D eigenvalue weighted by Crippen LogP contribution is -2.35. The Morgan fingerprint density at radius 2 is 1.85 bits per heavy atom. The summed E-state index contributed by atoms with van der Waals surface area (Å²) in [5, 5.41) is 5.23. The number of halogens is 5. The number of aryl methyl sites for hydroxylation is 1. The molecule has 0 aliphatic carbocycles. The molecule has 2 aromatic heterocycles. The van der Waals surface area contributed by atoms with Crippen molar-refractivity contribution in [2.45, 2.75) is 32.4 Å². The van der Waals surface area contributed by atoms with Crippen LogP contribution >= 0.6 is 23.2 Å². The van der Waals surface area contributed by atoms with Gasteiger partial charge in [0, 0.05) is 43.7 Å². The Labute approximate surface area is 232 Å². The van der Waals surface area contributed by atoms with E-state index in [4.69, 9.17) is 32.7 Å². The van der Waals surface area contributed by atoms with E-state index in [0.29, 0.717) is 71.7 Å². The zero-order chi connectivity index (χ0) is 27.7. The molecule has 7 nitrogen and oxygen atoms in total. The average molecular weight is 578 g/mol. The van der Waals surface area contributed by atoms with Crippen LogP contribution < -0.4 is 4.90 Å². The van der Waals surface area contributed by atoms with Crippen LogP contribution in [0.5, 0.6) is 0 Å². The van der Waals surface area contributed by atoms with E-state index >= 15 is 0 Å². The molecule has 2 aromatic carbocycles. The highest BCUT2D eigenvalue weighted by Gasteiger charge is 2.32. The summed E-state index contributed by atoms with van der Waals surface area (Å²) in [6.45, 7) is 3.92. The van der Waals surface area contributed by atoms with Crippen LogP contribution in [0.3, 0.4) is 0 Å². The number of hydrogen-bond acceptors (Lipinski definition) is 6. The second kappa shape index (κ2) is 11.0. The number of carbonyl (C=O) groups excluding carboxylic acids is 1. The van der Waals surface area contributed by atoms with Crippen LogP contribution in [-0.4, -0.2) is 52.1 Å². The highest BCUT2D eigenvalue weighted by Crippen LogP contribution is 2.37. The minimum atomic E-state index is -4.50. The standard InChI is InChI=1S/C27H24Cl2F3N5O2/c1-2-5-21-33-24(22-23(35-39-25(22)34-21)16-6-3-7-18(14-16)27(30,31)32)36-10-4-11-37(13-12-36)26(38)17-8-9-19(28)20(29)15-17/h3,6-9,14-15H,2,4-5,10-13H2,1H3. The van der Waals surface area contributed by atoms with Crippen LogP contribution in [0.1, 0.15) is 41.5 Å². The molecule has 1 aliphatic rings. The monoisotopic (exact) mass is 577 g/mol. The first-order valence-electron chi connectivity index (χ1n) is 12.5. The van der Waals surface area contributed by atoms with Crippen LogP contribution in [-0.2, 0) is 12.6 Å². The van der Waals surface area contributed by atoms with E-state index in [-0.39, 0.29) is 22.9 Å². The number of aromatic nitrogens is 3. The van der Waals surface area contributed by atoms with Crippen LogP contribution in [0.15, 0.2) is 47.0 Å².